The van der Waals surface area contributed by atoms with Crippen molar-refractivity contribution in [2.75, 3.05) is 0 Å². The number of hydrogen-bond donors (Lipinski definition) is 1. The van der Waals surface area contributed by atoms with E-state index in [-0.39, 0.29) is 6.61 Å². The predicted molar refractivity (Wildman–Crippen MR) is 39.1 cm³/mol. The molecule has 3 heteroatoms. The number of oxazole rings is 1. The minimum absolute atomic E-state index is 0.0897. The number of rotatable bonds is 2. The third-order valence-corrected chi connectivity index (χ3v) is 1.98. The molecule has 1 aromatic rings. The number of aliphatic hydroxyl groups excluding tert-OH is 1. The largest absolute Gasteiger partial charge is 0.443 e. The van der Waals surface area contributed by atoms with Crippen molar-refractivity contribution in [2.45, 2.75) is 32.3 Å². The van der Waals surface area contributed by atoms with Crippen molar-refractivity contribution in [2.24, 2.45) is 0 Å². The Balaban J connectivity index is 2.30. The highest BCUT2D eigenvalue weighted by molar-refractivity contribution is 5.18. The van der Waals surface area contributed by atoms with E-state index in [2.05, 4.69) is 4.98 Å². The van der Waals surface area contributed by atoms with E-state index >= 15 is 0 Å². The molecule has 0 spiro atoms. The first-order chi connectivity index (χ1) is 5.31. The van der Waals surface area contributed by atoms with Crippen LogP contribution < -0.4 is 0 Å². The molecule has 1 heterocycles. The highest BCUT2D eigenvalue weighted by atomic mass is 16.4. The first kappa shape index (κ1) is 6.85. The van der Waals surface area contributed by atoms with Crippen LogP contribution in [0.5, 0.6) is 0 Å². The van der Waals surface area contributed by atoms with Crippen molar-refractivity contribution >= 4 is 0 Å². The Morgan fingerprint density at radius 1 is 1.64 bits per heavy atom. The summed E-state index contributed by atoms with van der Waals surface area (Å²) in [5.41, 5.74) is 1.05. The van der Waals surface area contributed by atoms with Crippen molar-refractivity contribution in [3.63, 3.8) is 0 Å². The van der Waals surface area contributed by atoms with Gasteiger partial charge >= 0.3 is 0 Å². The zero-order valence-corrected chi connectivity index (χ0v) is 6.50. The van der Waals surface area contributed by atoms with Gasteiger partial charge in [0.05, 0.1) is 5.69 Å². The first-order valence-corrected chi connectivity index (χ1v) is 3.88. The lowest BCUT2D eigenvalue weighted by Gasteiger charge is -1.86. The highest BCUT2D eigenvalue weighted by Crippen LogP contribution is 2.40. The Morgan fingerprint density at radius 2 is 2.36 bits per heavy atom. The number of aliphatic hydroxyl groups is 1. The first-order valence-electron chi connectivity index (χ1n) is 3.88. The Labute approximate surface area is 65.1 Å². The van der Waals surface area contributed by atoms with Crippen LogP contribution in [0.4, 0.5) is 0 Å². The summed E-state index contributed by atoms with van der Waals surface area (Å²) in [4.78, 5) is 4.17. The Bertz CT molecular complexity index is 263. The van der Waals surface area contributed by atoms with Crippen molar-refractivity contribution in [1.82, 2.24) is 4.98 Å². The van der Waals surface area contributed by atoms with Crippen LogP contribution in [-0.2, 0) is 6.61 Å². The summed E-state index contributed by atoms with van der Waals surface area (Å²) in [5, 5.41) is 8.72. The van der Waals surface area contributed by atoms with E-state index in [4.69, 9.17) is 9.52 Å². The Morgan fingerprint density at radius 3 is 2.82 bits per heavy atom. The highest BCUT2D eigenvalue weighted by Gasteiger charge is 2.29. The van der Waals surface area contributed by atoms with Crippen LogP contribution in [0.1, 0.15) is 36.1 Å². The fourth-order valence-electron chi connectivity index (χ4n) is 1.27. The molecule has 60 valence electrons. The van der Waals surface area contributed by atoms with E-state index in [0.29, 0.717) is 11.8 Å². The molecule has 0 unspecified atom stereocenters. The second-order valence-electron chi connectivity index (χ2n) is 2.98. The average molecular weight is 153 g/mol. The second-order valence-corrected chi connectivity index (χ2v) is 2.98. The molecule has 11 heavy (non-hydrogen) atoms. The lowest BCUT2D eigenvalue weighted by atomic mass is 10.2. The van der Waals surface area contributed by atoms with Crippen LogP contribution in [-0.4, -0.2) is 10.1 Å². The summed E-state index contributed by atoms with van der Waals surface area (Å²) in [7, 11) is 0. The van der Waals surface area contributed by atoms with Gasteiger partial charge in [-0.1, -0.05) is 0 Å². The van der Waals surface area contributed by atoms with Gasteiger partial charge < -0.3 is 9.52 Å². The van der Waals surface area contributed by atoms with Gasteiger partial charge in [0.2, 0.25) is 5.89 Å². The van der Waals surface area contributed by atoms with Crippen LogP contribution >= 0.6 is 0 Å². The normalized spacial score (nSPS) is 17.3. The smallest absolute Gasteiger partial charge is 0.220 e. The van der Waals surface area contributed by atoms with Gasteiger partial charge in [0, 0.05) is 5.92 Å². The number of aryl methyl sites for hydroxylation is 1. The molecule has 0 saturated heterocycles. The molecule has 0 amide bonds. The van der Waals surface area contributed by atoms with Gasteiger partial charge in [0.15, 0.2) is 0 Å². The standard InChI is InChI=1S/C8H11NO2/c1-5-8(6-2-3-6)9-7(4-10)11-5/h6,10H,2-4H2,1H3. The molecule has 0 radical (unpaired) electrons. The van der Waals surface area contributed by atoms with E-state index in [0.717, 1.165) is 11.5 Å². The maximum Gasteiger partial charge on any atom is 0.220 e. The fraction of sp³-hybridized carbons (Fsp3) is 0.625. The van der Waals surface area contributed by atoms with Gasteiger partial charge in [0.25, 0.3) is 0 Å². The summed E-state index contributed by atoms with van der Waals surface area (Å²) in [6.07, 6.45) is 2.44. The molecule has 0 aliphatic heterocycles. The zero-order chi connectivity index (χ0) is 7.84. The summed E-state index contributed by atoms with van der Waals surface area (Å²) in [6.45, 7) is 1.81. The van der Waals surface area contributed by atoms with E-state index in [1.807, 2.05) is 6.92 Å². The average Bonchev–Trinajstić information content (AvgIpc) is 2.76. The maximum atomic E-state index is 8.72. The van der Waals surface area contributed by atoms with Crippen LogP contribution in [0.25, 0.3) is 0 Å². The number of hydrogen-bond acceptors (Lipinski definition) is 3. The number of nitrogens with zero attached hydrogens (tertiary/aromatic N) is 1. The minimum Gasteiger partial charge on any atom is -0.443 e. The van der Waals surface area contributed by atoms with E-state index in [9.17, 15) is 0 Å². The molecule has 1 fully saturated rings. The van der Waals surface area contributed by atoms with Crippen molar-refractivity contribution in [3.05, 3.63) is 17.3 Å². The van der Waals surface area contributed by atoms with E-state index in [1.165, 1.54) is 12.8 Å². The van der Waals surface area contributed by atoms with E-state index < -0.39 is 0 Å². The van der Waals surface area contributed by atoms with Crippen molar-refractivity contribution in [3.8, 4) is 0 Å². The lowest BCUT2D eigenvalue weighted by molar-refractivity contribution is 0.238. The van der Waals surface area contributed by atoms with Crippen LogP contribution in [0.2, 0.25) is 0 Å². The third-order valence-electron chi connectivity index (χ3n) is 1.98. The van der Waals surface area contributed by atoms with Crippen LogP contribution in [0.3, 0.4) is 0 Å². The molecule has 1 saturated carbocycles. The molecule has 3 nitrogen and oxygen atoms in total. The second kappa shape index (κ2) is 2.34. The van der Waals surface area contributed by atoms with Gasteiger partial charge in [0.1, 0.15) is 12.4 Å². The summed E-state index contributed by atoms with van der Waals surface area (Å²) < 4.78 is 5.20. The monoisotopic (exact) mass is 153 g/mol. The maximum absolute atomic E-state index is 8.72. The Kier molecular flexibility index (Phi) is 1.46. The fourth-order valence-corrected chi connectivity index (χ4v) is 1.27. The molecule has 2 rings (SSSR count). The molecule has 0 bridgehead atoms. The van der Waals surface area contributed by atoms with Gasteiger partial charge in [-0.25, -0.2) is 4.98 Å². The van der Waals surface area contributed by atoms with Gasteiger partial charge in [-0.05, 0) is 19.8 Å². The van der Waals surface area contributed by atoms with Crippen LogP contribution in [0, 0.1) is 6.92 Å². The molecule has 1 aliphatic rings. The summed E-state index contributed by atoms with van der Waals surface area (Å²) in [5.74, 6) is 1.93. The zero-order valence-electron chi connectivity index (χ0n) is 6.50. The molecule has 1 N–H and O–H groups in total. The summed E-state index contributed by atoms with van der Waals surface area (Å²) >= 11 is 0. The molecular formula is C8H11NO2. The van der Waals surface area contributed by atoms with Crippen molar-refractivity contribution < 1.29 is 9.52 Å². The van der Waals surface area contributed by atoms with Crippen molar-refractivity contribution in [1.29, 1.82) is 0 Å². The van der Waals surface area contributed by atoms with E-state index in [1.54, 1.807) is 0 Å². The molecule has 0 atom stereocenters. The Hall–Kier alpha value is -0.830. The minimum atomic E-state index is -0.0897. The topological polar surface area (TPSA) is 46.3 Å². The summed E-state index contributed by atoms with van der Waals surface area (Å²) in [6, 6.07) is 0. The molecule has 1 aromatic heterocycles. The predicted octanol–water partition coefficient (Wildman–Crippen LogP) is 1.35. The molecular weight excluding hydrogens is 142 g/mol. The van der Waals surface area contributed by atoms with Crippen LogP contribution in [0.15, 0.2) is 4.42 Å². The third kappa shape index (κ3) is 1.16. The quantitative estimate of drug-likeness (QED) is 0.697. The SMILES string of the molecule is Cc1oc(CO)nc1C1CC1. The molecule has 1 aliphatic carbocycles. The van der Waals surface area contributed by atoms with Gasteiger partial charge in [-0.3, -0.25) is 0 Å². The van der Waals surface area contributed by atoms with Gasteiger partial charge in [-0.15, -0.1) is 0 Å². The van der Waals surface area contributed by atoms with Gasteiger partial charge in [-0.2, -0.15) is 0 Å². The lowest BCUT2D eigenvalue weighted by Crippen LogP contribution is -1.84. The number of aromatic nitrogens is 1. The molecule has 0 aromatic carbocycles.